The molecule has 0 radical (unpaired) electrons. The predicted octanol–water partition coefficient (Wildman–Crippen LogP) is 1.71. The molecule has 0 atom stereocenters. The summed E-state index contributed by atoms with van der Waals surface area (Å²) >= 11 is 0. The number of hydrogen-bond acceptors (Lipinski definition) is 3. The minimum absolute atomic E-state index is 0.549. The Morgan fingerprint density at radius 2 is 1.75 bits per heavy atom. The lowest BCUT2D eigenvalue weighted by Gasteiger charge is -2.03. The fraction of sp³-hybridized carbons (Fsp3) is 0.556. The van der Waals surface area contributed by atoms with E-state index in [-0.39, 0.29) is 0 Å². The second-order valence-electron chi connectivity index (χ2n) is 1.99. The SMILES string of the molecule is C=COCCOCCOC=CC. The first-order chi connectivity index (χ1) is 5.91. The van der Waals surface area contributed by atoms with Gasteiger partial charge >= 0.3 is 0 Å². The zero-order valence-electron chi connectivity index (χ0n) is 7.49. The Balaban J connectivity index is 2.86. The van der Waals surface area contributed by atoms with E-state index in [2.05, 4.69) is 6.58 Å². The fourth-order valence-electron chi connectivity index (χ4n) is 0.564. The lowest BCUT2D eigenvalue weighted by molar-refractivity contribution is 0.0557. The van der Waals surface area contributed by atoms with Crippen LogP contribution in [0.5, 0.6) is 0 Å². The van der Waals surface area contributed by atoms with Gasteiger partial charge in [-0.3, -0.25) is 0 Å². The highest BCUT2D eigenvalue weighted by atomic mass is 16.5. The van der Waals surface area contributed by atoms with Crippen LogP contribution in [-0.2, 0) is 14.2 Å². The lowest BCUT2D eigenvalue weighted by atomic mass is 10.7. The van der Waals surface area contributed by atoms with Gasteiger partial charge < -0.3 is 14.2 Å². The topological polar surface area (TPSA) is 27.7 Å². The zero-order valence-corrected chi connectivity index (χ0v) is 7.49. The normalized spacial score (nSPS) is 10.1. The summed E-state index contributed by atoms with van der Waals surface area (Å²) in [5, 5.41) is 0. The quantitative estimate of drug-likeness (QED) is 0.412. The van der Waals surface area contributed by atoms with Gasteiger partial charge in [-0.1, -0.05) is 12.7 Å². The van der Waals surface area contributed by atoms with Crippen LogP contribution in [-0.4, -0.2) is 26.4 Å². The number of ether oxygens (including phenoxy) is 3. The van der Waals surface area contributed by atoms with Gasteiger partial charge in [0.15, 0.2) is 0 Å². The maximum Gasteiger partial charge on any atom is 0.111 e. The summed E-state index contributed by atoms with van der Waals surface area (Å²) < 4.78 is 15.0. The van der Waals surface area contributed by atoms with E-state index < -0.39 is 0 Å². The molecule has 0 N–H and O–H groups in total. The van der Waals surface area contributed by atoms with Crippen LogP contribution in [0.4, 0.5) is 0 Å². The van der Waals surface area contributed by atoms with E-state index in [9.17, 15) is 0 Å². The molecule has 3 heteroatoms. The first-order valence-corrected chi connectivity index (χ1v) is 3.95. The summed E-state index contributed by atoms with van der Waals surface area (Å²) in [5.41, 5.74) is 0. The average Bonchev–Trinajstić information content (AvgIpc) is 2.10. The highest BCUT2D eigenvalue weighted by molar-refractivity contribution is 4.64. The number of allylic oxidation sites excluding steroid dienone is 1. The summed E-state index contributed by atoms with van der Waals surface area (Å²) in [4.78, 5) is 0. The fourth-order valence-corrected chi connectivity index (χ4v) is 0.564. The van der Waals surface area contributed by atoms with Gasteiger partial charge in [0, 0.05) is 0 Å². The van der Waals surface area contributed by atoms with E-state index >= 15 is 0 Å². The summed E-state index contributed by atoms with van der Waals surface area (Å²) in [6.45, 7) is 7.60. The maximum absolute atomic E-state index is 5.15. The molecule has 0 fully saturated rings. The Hall–Kier alpha value is -0.960. The third-order valence-corrected chi connectivity index (χ3v) is 1.04. The van der Waals surface area contributed by atoms with Crippen molar-refractivity contribution in [2.75, 3.05) is 26.4 Å². The van der Waals surface area contributed by atoms with Crippen molar-refractivity contribution in [1.29, 1.82) is 0 Å². The van der Waals surface area contributed by atoms with Crippen LogP contribution in [0.25, 0.3) is 0 Å². The maximum atomic E-state index is 5.15. The number of rotatable bonds is 8. The Kier molecular flexibility index (Phi) is 9.24. The smallest absolute Gasteiger partial charge is 0.111 e. The summed E-state index contributed by atoms with van der Waals surface area (Å²) in [7, 11) is 0. The Bertz CT molecular complexity index is 121. The predicted molar refractivity (Wildman–Crippen MR) is 47.7 cm³/mol. The molecule has 0 aromatic heterocycles. The first-order valence-electron chi connectivity index (χ1n) is 3.95. The average molecular weight is 172 g/mol. The second kappa shape index (κ2) is 10.0. The molecule has 0 aromatic rings. The summed E-state index contributed by atoms with van der Waals surface area (Å²) in [6, 6.07) is 0. The molecule has 3 nitrogen and oxygen atoms in total. The van der Waals surface area contributed by atoms with Gasteiger partial charge in [0.25, 0.3) is 0 Å². The van der Waals surface area contributed by atoms with Crippen LogP contribution in [0.2, 0.25) is 0 Å². The highest BCUT2D eigenvalue weighted by Crippen LogP contribution is 1.81. The molecular formula is C9H16O3. The second-order valence-corrected chi connectivity index (χ2v) is 1.99. The van der Waals surface area contributed by atoms with Gasteiger partial charge in [-0.2, -0.15) is 0 Å². The van der Waals surface area contributed by atoms with Crippen LogP contribution in [0.15, 0.2) is 25.2 Å². The van der Waals surface area contributed by atoms with Crippen molar-refractivity contribution in [3.05, 3.63) is 25.2 Å². The van der Waals surface area contributed by atoms with Gasteiger partial charge in [0.1, 0.15) is 13.2 Å². The Morgan fingerprint density at radius 1 is 1.08 bits per heavy atom. The molecule has 0 unspecified atom stereocenters. The molecule has 0 saturated carbocycles. The molecule has 0 aromatic carbocycles. The van der Waals surface area contributed by atoms with Gasteiger partial charge in [0.05, 0.1) is 25.7 Å². The van der Waals surface area contributed by atoms with Gasteiger partial charge in [0.2, 0.25) is 0 Å². The molecule has 0 rings (SSSR count). The molecule has 12 heavy (non-hydrogen) atoms. The number of hydrogen-bond donors (Lipinski definition) is 0. The van der Waals surface area contributed by atoms with E-state index in [1.54, 1.807) is 6.26 Å². The molecule has 0 aliphatic rings. The first kappa shape index (κ1) is 11.0. The van der Waals surface area contributed by atoms with E-state index in [1.165, 1.54) is 6.26 Å². The van der Waals surface area contributed by atoms with Crippen LogP contribution >= 0.6 is 0 Å². The standard InChI is InChI=1S/C9H16O3/c1-3-5-11-8-9-12-7-6-10-4-2/h3-5H,2,6-9H2,1H3. The van der Waals surface area contributed by atoms with E-state index in [0.717, 1.165) is 0 Å². The Morgan fingerprint density at radius 3 is 2.33 bits per heavy atom. The van der Waals surface area contributed by atoms with Gasteiger partial charge in [-0.15, -0.1) is 0 Å². The molecule has 0 aliphatic heterocycles. The van der Waals surface area contributed by atoms with Gasteiger partial charge in [-0.05, 0) is 6.92 Å². The molecule has 0 aliphatic carbocycles. The molecule has 0 amide bonds. The molecule has 0 saturated heterocycles. The van der Waals surface area contributed by atoms with E-state index in [0.29, 0.717) is 26.4 Å². The summed E-state index contributed by atoms with van der Waals surface area (Å²) in [5.74, 6) is 0. The summed E-state index contributed by atoms with van der Waals surface area (Å²) in [6.07, 6.45) is 4.88. The van der Waals surface area contributed by atoms with Crippen LogP contribution in [0, 0.1) is 0 Å². The van der Waals surface area contributed by atoms with Crippen LogP contribution in [0.1, 0.15) is 6.92 Å². The minimum atomic E-state index is 0.549. The van der Waals surface area contributed by atoms with Crippen LogP contribution < -0.4 is 0 Å². The zero-order chi connectivity index (χ0) is 9.07. The van der Waals surface area contributed by atoms with Crippen molar-refractivity contribution in [3.63, 3.8) is 0 Å². The van der Waals surface area contributed by atoms with Crippen molar-refractivity contribution in [1.82, 2.24) is 0 Å². The van der Waals surface area contributed by atoms with Crippen molar-refractivity contribution in [2.24, 2.45) is 0 Å². The minimum Gasteiger partial charge on any atom is -0.499 e. The third kappa shape index (κ3) is 9.04. The van der Waals surface area contributed by atoms with Crippen molar-refractivity contribution < 1.29 is 14.2 Å². The van der Waals surface area contributed by atoms with Crippen molar-refractivity contribution in [2.45, 2.75) is 6.92 Å². The van der Waals surface area contributed by atoms with Crippen LogP contribution in [0.3, 0.4) is 0 Å². The van der Waals surface area contributed by atoms with Crippen molar-refractivity contribution in [3.8, 4) is 0 Å². The van der Waals surface area contributed by atoms with E-state index in [1.807, 2.05) is 13.0 Å². The lowest BCUT2D eigenvalue weighted by Crippen LogP contribution is -2.06. The third-order valence-electron chi connectivity index (χ3n) is 1.04. The Labute approximate surface area is 73.6 Å². The van der Waals surface area contributed by atoms with E-state index in [4.69, 9.17) is 14.2 Å². The largest absolute Gasteiger partial charge is 0.499 e. The molecular weight excluding hydrogens is 156 g/mol. The molecule has 0 heterocycles. The molecule has 0 bridgehead atoms. The van der Waals surface area contributed by atoms with Gasteiger partial charge in [-0.25, -0.2) is 0 Å². The van der Waals surface area contributed by atoms with Crippen molar-refractivity contribution >= 4 is 0 Å². The molecule has 0 spiro atoms. The molecule has 70 valence electrons. The highest BCUT2D eigenvalue weighted by Gasteiger charge is 1.86. The monoisotopic (exact) mass is 172 g/mol.